The molecule has 3 aromatic heterocycles. The van der Waals surface area contributed by atoms with Crippen molar-refractivity contribution in [1.29, 1.82) is 0 Å². The Kier molecular flexibility index (Phi) is 5.87. The number of hydrogen-bond donors (Lipinski definition) is 1. The summed E-state index contributed by atoms with van der Waals surface area (Å²) in [6.45, 7) is 6.07. The Morgan fingerprint density at radius 1 is 1.23 bits per heavy atom. The smallest absolute Gasteiger partial charge is 0.252 e. The number of fused-ring (bicyclic) bond motifs is 1. The Morgan fingerprint density at radius 2 is 2.08 bits per heavy atom. The molecule has 9 heteroatoms. The maximum Gasteiger partial charge on any atom is 0.252 e. The van der Waals surface area contributed by atoms with Crippen molar-refractivity contribution in [2.75, 3.05) is 5.32 Å². The van der Waals surface area contributed by atoms with Crippen molar-refractivity contribution in [1.82, 2.24) is 29.8 Å². The highest BCUT2D eigenvalue weighted by Gasteiger charge is 2.13. The Morgan fingerprint density at radius 3 is 2.88 bits per heavy atom. The van der Waals surface area contributed by atoms with Crippen LogP contribution in [-0.2, 0) is 17.6 Å². The number of unbranched alkanes of at least 4 members (excludes halogenated alkanes) is 2. The molecular formula is C17H23N7OS. The zero-order valence-corrected chi connectivity index (χ0v) is 16.1. The summed E-state index contributed by atoms with van der Waals surface area (Å²) in [7, 11) is 0. The van der Waals surface area contributed by atoms with Crippen LogP contribution in [0.25, 0.3) is 5.78 Å². The SMILES string of the molecule is CCCCCc1nnc(NC(=O)CCc2c(C)nc3ncnn3c2C)s1. The molecule has 0 aliphatic heterocycles. The van der Waals surface area contributed by atoms with Gasteiger partial charge in [0.05, 0.1) is 0 Å². The molecule has 0 spiro atoms. The quantitative estimate of drug-likeness (QED) is 0.610. The number of amides is 1. The van der Waals surface area contributed by atoms with Gasteiger partial charge in [0.25, 0.3) is 5.78 Å². The van der Waals surface area contributed by atoms with Crippen molar-refractivity contribution in [2.45, 2.75) is 59.3 Å². The molecule has 0 aliphatic carbocycles. The maximum atomic E-state index is 12.3. The van der Waals surface area contributed by atoms with Gasteiger partial charge in [-0.3, -0.25) is 4.79 Å². The van der Waals surface area contributed by atoms with Crippen LogP contribution in [0.2, 0.25) is 0 Å². The predicted molar refractivity (Wildman–Crippen MR) is 100 cm³/mol. The number of nitrogens with zero attached hydrogens (tertiary/aromatic N) is 6. The Hall–Kier alpha value is -2.42. The minimum absolute atomic E-state index is 0.0706. The van der Waals surface area contributed by atoms with Crippen LogP contribution in [0, 0.1) is 13.8 Å². The van der Waals surface area contributed by atoms with Gasteiger partial charge in [0, 0.05) is 24.2 Å². The molecule has 1 amide bonds. The van der Waals surface area contributed by atoms with E-state index < -0.39 is 0 Å². The van der Waals surface area contributed by atoms with Crippen LogP contribution >= 0.6 is 11.3 Å². The van der Waals surface area contributed by atoms with Crippen molar-refractivity contribution in [3.63, 3.8) is 0 Å². The van der Waals surface area contributed by atoms with Crippen LogP contribution < -0.4 is 5.32 Å². The Balaban J connectivity index is 1.58. The molecule has 138 valence electrons. The van der Waals surface area contributed by atoms with Crippen LogP contribution in [-0.4, -0.2) is 35.7 Å². The van der Waals surface area contributed by atoms with Crippen LogP contribution in [0.15, 0.2) is 6.33 Å². The van der Waals surface area contributed by atoms with Crippen molar-refractivity contribution in [3.8, 4) is 0 Å². The molecule has 26 heavy (non-hydrogen) atoms. The number of aromatic nitrogens is 6. The van der Waals surface area contributed by atoms with E-state index in [0.717, 1.165) is 34.8 Å². The fourth-order valence-electron chi connectivity index (χ4n) is 2.87. The number of hydrogen-bond acceptors (Lipinski definition) is 7. The molecule has 1 N–H and O–H groups in total. The topological polar surface area (TPSA) is 98.0 Å². The summed E-state index contributed by atoms with van der Waals surface area (Å²) in [6, 6.07) is 0. The normalized spacial score (nSPS) is 11.2. The first-order valence-electron chi connectivity index (χ1n) is 8.86. The highest BCUT2D eigenvalue weighted by Crippen LogP contribution is 2.19. The molecule has 8 nitrogen and oxygen atoms in total. The zero-order valence-electron chi connectivity index (χ0n) is 15.3. The molecular weight excluding hydrogens is 350 g/mol. The lowest BCUT2D eigenvalue weighted by atomic mass is 10.1. The summed E-state index contributed by atoms with van der Waals surface area (Å²) in [4.78, 5) is 20.8. The number of carbonyl (C=O) groups is 1. The number of rotatable bonds is 8. The number of carbonyl (C=O) groups excluding carboxylic acids is 1. The van der Waals surface area contributed by atoms with Crippen molar-refractivity contribution in [3.05, 3.63) is 28.3 Å². The summed E-state index contributed by atoms with van der Waals surface area (Å²) in [6.07, 6.45) is 6.82. The van der Waals surface area contributed by atoms with E-state index in [0.29, 0.717) is 23.8 Å². The van der Waals surface area contributed by atoms with Gasteiger partial charge in [-0.15, -0.1) is 10.2 Å². The minimum Gasteiger partial charge on any atom is -0.301 e. The summed E-state index contributed by atoms with van der Waals surface area (Å²) >= 11 is 1.45. The first-order chi connectivity index (χ1) is 12.6. The van der Waals surface area contributed by atoms with Gasteiger partial charge in [-0.05, 0) is 32.3 Å². The average Bonchev–Trinajstić information content (AvgIpc) is 3.24. The van der Waals surface area contributed by atoms with E-state index in [1.54, 1.807) is 4.52 Å². The molecule has 0 saturated carbocycles. The molecule has 3 aromatic rings. The molecule has 3 rings (SSSR count). The van der Waals surface area contributed by atoms with Crippen LogP contribution in [0.3, 0.4) is 0 Å². The first kappa shape index (κ1) is 18.4. The second-order valence-corrected chi connectivity index (χ2v) is 7.30. The summed E-state index contributed by atoms with van der Waals surface area (Å²) in [5.41, 5.74) is 2.87. The lowest BCUT2D eigenvalue weighted by molar-refractivity contribution is -0.116. The molecule has 0 unspecified atom stereocenters. The third kappa shape index (κ3) is 4.21. The molecule has 0 atom stereocenters. The second-order valence-electron chi connectivity index (χ2n) is 6.24. The first-order valence-corrected chi connectivity index (χ1v) is 9.68. The second kappa shape index (κ2) is 8.31. The number of aryl methyl sites for hydroxylation is 3. The largest absolute Gasteiger partial charge is 0.301 e. The number of anilines is 1. The van der Waals surface area contributed by atoms with Crippen LogP contribution in [0.4, 0.5) is 5.13 Å². The van der Waals surface area contributed by atoms with Crippen molar-refractivity contribution >= 4 is 28.2 Å². The predicted octanol–water partition coefficient (Wildman–Crippen LogP) is 2.90. The fraction of sp³-hybridized carbons (Fsp3) is 0.529. The molecule has 0 aromatic carbocycles. The standard InChI is InChI=1S/C17H23N7OS/c1-4-5-6-7-15-22-23-17(26-15)21-14(25)9-8-13-11(2)20-16-18-10-19-24(16)12(13)3/h10H,4-9H2,1-3H3,(H,21,23,25). The lowest BCUT2D eigenvalue weighted by Gasteiger charge is -2.09. The minimum atomic E-state index is -0.0706. The van der Waals surface area contributed by atoms with Crippen molar-refractivity contribution < 1.29 is 4.79 Å². The highest BCUT2D eigenvalue weighted by molar-refractivity contribution is 7.15. The summed E-state index contributed by atoms with van der Waals surface area (Å²) < 4.78 is 1.70. The average molecular weight is 373 g/mol. The van der Waals surface area contributed by atoms with Gasteiger partial charge >= 0.3 is 0 Å². The van der Waals surface area contributed by atoms with Gasteiger partial charge in [-0.2, -0.15) is 10.1 Å². The number of nitrogens with one attached hydrogen (secondary N) is 1. The van der Waals surface area contributed by atoms with E-state index in [2.05, 4.69) is 37.5 Å². The van der Waals surface area contributed by atoms with Gasteiger partial charge in [0.15, 0.2) is 0 Å². The van der Waals surface area contributed by atoms with Gasteiger partial charge in [0.1, 0.15) is 11.3 Å². The molecule has 3 heterocycles. The van der Waals surface area contributed by atoms with Crippen LogP contribution in [0.1, 0.15) is 54.6 Å². The lowest BCUT2D eigenvalue weighted by Crippen LogP contribution is -2.14. The van der Waals surface area contributed by atoms with Gasteiger partial charge < -0.3 is 5.32 Å². The van der Waals surface area contributed by atoms with E-state index in [1.807, 2.05) is 13.8 Å². The van der Waals surface area contributed by atoms with E-state index in [4.69, 9.17) is 0 Å². The van der Waals surface area contributed by atoms with Gasteiger partial charge in [-0.1, -0.05) is 31.1 Å². The molecule has 0 bridgehead atoms. The molecule has 0 aliphatic rings. The van der Waals surface area contributed by atoms with Gasteiger partial charge in [0.2, 0.25) is 11.0 Å². The van der Waals surface area contributed by atoms with E-state index >= 15 is 0 Å². The van der Waals surface area contributed by atoms with Crippen LogP contribution in [0.5, 0.6) is 0 Å². The maximum absolute atomic E-state index is 12.3. The van der Waals surface area contributed by atoms with E-state index in [1.165, 1.54) is 30.5 Å². The third-order valence-electron chi connectivity index (χ3n) is 4.30. The van der Waals surface area contributed by atoms with Crippen molar-refractivity contribution in [2.24, 2.45) is 0 Å². The molecule has 0 radical (unpaired) electrons. The van der Waals surface area contributed by atoms with E-state index in [-0.39, 0.29) is 5.91 Å². The highest BCUT2D eigenvalue weighted by atomic mass is 32.1. The van der Waals surface area contributed by atoms with Gasteiger partial charge in [-0.25, -0.2) is 9.50 Å². The summed E-state index contributed by atoms with van der Waals surface area (Å²) in [5, 5.41) is 16.8. The monoisotopic (exact) mass is 373 g/mol. The Labute approximate surface area is 156 Å². The fourth-order valence-corrected chi connectivity index (χ4v) is 3.67. The third-order valence-corrected chi connectivity index (χ3v) is 5.20. The Bertz CT molecular complexity index is 902. The molecule has 0 saturated heterocycles. The molecule has 0 fully saturated rings. The summed E-state index contributed by atoms with van der Waals surface area (Å²) in [5.74, 6) is 0.511. The zero-order chi connectivity index (χ0) is 18.5. The van der Waals surface area contributed by atoms with E-state index in [9.17, 15) is 4.79 Å².